The van der Waals surface area contributed by atoms with E-state index in [0.29, 0.717) is 69.4 Å². The lowest BCUT2D eigenvalue weighted by molar-refractivity contribution is -0.150. The van der Waals surface area contributed by atoms with E-state index in [4.69, 9.17) is 15.3 Å². The van der Waals surface area contributed by atoms with Gasteiger partial charge in [-0.2, -0.15) is 5.10 Å². The van der Waals surface area contributed by atoms with Gasteiger partial charge in [-0.1, -0.05) is 5.16 Å². The molecule has 4 rings (SSSR count). The standard InChI is InChI=1S/C20H26FN5O4/c21-15-1-2-16-14(11-23-24-16)17(15)18(22)25-30-19(27)13-3-7-26(8-4-13)12-20(28)5-9-29-10-6-20/h1-2,11,13,28H,3-10,12H2,(H2,22,25)(H,23,24). The Balaban J connectivity index is 1.32. The van der Waals surface area contributed by atoms with Gasteiger partial charge in [0.05, 0.1) is 28.8 Å². The van der Waals surface area contributed by atoms with Crippen LogP contribution in [0.25, 0.3) is 10.9 Å². The molecule has 0 spiro atoms. The summed E-state index contributed by atoms with van der Waals surface area (Å²) in [5, 5.41) is 21.4. The summed E-state index contributed by atoms with van der Waals surface area (Å²) in [4.78, 5) is 19.6. The Hall–Kier alpha value is -2.56. The van der Waals surface area contributed by atoms with E-state index in [1.54, 1.807) is 6.07 Å². The lowest BCUT2D eigenvalue weighted by Gasteiger charge is -2.39. The maximum absolute atomic E-state index is 14.2. The van der Waals surface area contributed by atoms with Crippen molar-refractivity contribution in [1.82, 2.24) is 15.1 Å². The quantitative estimate of drug-likeness (QED) is 0.287. The SMILES string of the molecule is N/C(=N\OC(=O)C1CCN(CC2(O)CCOCC2)CC1)c1c(F)ccc2[nH]ncc12. The molecule has 0 aliphatic carbocycles. The second-order valence-electron chi connectivity index (χ2n) is 8.03. The van der Waals surface area contributed by atoms with Crippen LogP contribution in [0, 0.1) is 11.7 Å². The van der Waals surface area contributed by atoms with Crippen LogP contribution in [-0.4, -0.2) is 70.5 Å². The molecule has 0 radical (unpaired) electrons. The second-order valence-corrected chi connectivity index (χ2v) is 8.03. The van der Waals surface area contributed by atoms with Crippen LogP contribution in [0.1, 0.15) is 31.2 Å². The number of carbonyl (C=O) groups is 1. The number of benzene rings is 1. The van der Waals surface area contributed by atoms with Crippen molar-refractivity contribution in [1.29, 1.82) is 0 Å². The lowest BCUT2D eigenvalue weighted by atomic mass is 9.91. The Labute approximate surface area is 173 Å². The molecule has 3 heterocycles. The van der Waals surface area contributed by atoms with Gasteiger partial charge in [-0.05, 0) is 38.1 Å². The first kappa shape index (κ1) is 20.7. The number of aromatic amines is 1. The van der Waals surface area contributed by atoms with E-state index < -0.39 is 17.4 Å². The molecule has 2 aliphatic rings. The summed E-state index contributed by atoms with van der Waals surface area (Å²) in [6.07, 6.45) is 3.91. The number of hydrogen-bond donors (Lipinski definition) is 3. The zero-order valence-electron chi connectivity index (χ0n) is 16.6. The summed E-state index contributed by atoms with van der Waals surface area (Å²) < 4.78 is 19.5. The minimum atomic E-state index is -0.720. The topological polar surface area (TPSA) is 126 Å². The van der Waals surface area contributed by atoms with Crippen LogP contribution < -0.4 is 5.73 Å². The van der Waals surface area contributed by atoms with E-state index >= 15 is 0 Å². The number of amidine groups is 1. The number of hydrogen-bond acceptors (Lipinski definition) is 7. The Kier molecular flexibility index (Phi) is 5.98. The zero-order chi connectivity index (χ0) is 21.1. The summed E-state index contributed by atoms with van der Waals surface area (Å²) in [6, 6.07) is 2.80. The molecule has 10 heteroatoms. The molecule has 2 fully saturated rings. The number of oxime groups is 1. The Morgan fingerprint density at radius 2 is 2.13 bits per heavy atom. The van der Waals surface area contributed by atoms with E-state index in [-0.39, 0.29) is 17.3 Å². The number of nitrogens with zero attached hydrogens (tertiary/aromatic N) is 3. The number of piperidine rings is 1. The van der Waals surface area contributed by atoms with Crippen LogP contribution in [0.5, 0.6) is 0 Å². The van der Waals surface area contributed by atoms with Gasteiger partial charge in [0.25, 0.3) is 0 Å². The molecule has 0 bridgehead atoms. The van der Waals surface area contributed by atoms with Crippen LogP contribution >= 0.6 is 0 Å². The number of nitrogens with one attached hydrogen (secondary N) is 1. The molecule has 9 nitrogen and oxygen atoms in total. The number of aliphatic hydroxyl groups is 1. The second kappa shape index (κ2) is 8.66. The monoisotopic (exact) mass is 419 g/mol. The van der Waals surface area contributed by atoms with Gasteiger partial charge in [-0.15, -0.1) is 0 Å². The molecule has 2 saturated heterocycles. The molecule has 1 aromatic heterocycles. The average molecular weight is 419 g/mol. The van der Waals surface area contributed by atoms with Gasteiger partial charge < -0.3 is 25.3 Å². The number of rotatable bonds is 5. The van der Waals surface area contributed by atoms with Gasteiger partial charge in [0.1, 0.15) is 5.82 Å². The van der Waals surface area contributed by atoms with E-state index in [1.807, 2.05) is 0 Å². The molecular formula is C20H26FN5O4. The predicted molar refractivity (Wildman–Crippen MR) is 107 cm³/mol. The number of aromatic nitrogens is 2. The Morgan fingerprint density at radius 3 is 2.87 bits per heavy atom. The molecule has 0 amide bonds. The maximum atomic E-state index is 14.2. The highest BCUT2D eigenvalue weighted by Gasteiger charge is 2.34. The van der Waals surface area contributed by atoms with Gasteiger partial charge in [-0.3, -0.25) is 5.10 Å². The summed E-state index contributed by atoms with van der Waals surface area (Å²) in [7, 11) is 0. The number of H-pyrrole nitrogens is 1. The third kappa shape index (κ3) is 4.45. The highest BCUT2D eigenvalue weighted by molar-refractivity contribution is 6.08. The summed E-state index contributed by atoms with van der Waals surface area (Å²) in [5.74, 6) is -1.58. The fraction of sp³-hybridized carbons (Fsp3) is 0.550. The average Bonchev–Trinajstić information content (AvgIpc) is 3.21. The molecule has 4 N–H and O–H groups in total. The molecular weight excluding hydrogens is 393 g/mol. The van der Waals surface area contributed by atoms with Gasteiger partial charge in [0, 0.05) is 38.0 Å². The first-order valence-corrected chi connectivity index (χ1v) is 10.1. The van der Waals surface area contributed by atoms with Crippen LogP contribution in [0.15, 0.2) is 23.5 Å². The van der Waals surface area contributed by atoms with Crippen molar-refractivity contribution in [2.75, 3.05) is 32.8 Å². The van der Waals surface area contributed by atoms with Crippen molar-refractivity contribution < 1.29 is 23.9 Å². The Bertz CT molecular complexity index is 932. The summed E-state index contributed by atoms with van der Waals surface area (Å²) in [5.41, 5.74) is 5.82. The summed E-state index contributed by atoms with van der Waals surface area (Å²) in [6.45, 7) is 3.10. The van der Waals surface area contributed by atoms with Crippen molar-refractivity contribution >= 4 is 22.7 Å². The van der Waals surface area contributed by atoms with Crippen LogP contribution in [-0.2, 0) is 14.4 Å². The van der Waals surface area contributed by atoms with Gasteiger partial charge >= 0.3 is 5.97 Å². The van der Waals surface area contributed by atoms with Gasteiger partial charge in [0.2, 0.25) is 0 Å². The highest BCUT2D eigenvalue weighted by atomic mass is 19.1. The normalized spacial score (nSPS) is 21.1. The number of halogens is 1. The minimum Gasteiger partial charge on any atom is -0.388 e. The molecule has 30 heavy (non-hydrogen) atoms. The molecule has 2 aromatic rings. The molecule has 2 aliphatic heterocycles. The summed E-state index contributed by atoms with van der Waals surface area (Å²) >= 11 is 0. The number of carbonyl (C=O) groups excluding carboxylic acids is 1. The Morgan fingerprint density at radius 1 is 1.40 bits per heavy atom. The maximum Gasteiger partial charge on any atom is 0.338 e. The van der Waals surface area contributed by atoms with Crippen molar-refractivity contribution in [2.45, 2.75) is 31.3 Å². The van der Waals surface area contributed by atoms with Crippen molar-refractivity contribution in [3.05, 3.63) is 29.7 Å². The molecule has 0 atom stereocenters. The molecule has 162 valence electrons. The van der Waals surface area contributed by atoms with Crippen LogP contribution in [0.2, 0.25) is 0 Å². The number of ether oxygens (including phenoxy) is 1. The highest BCUT2D eigenvalue weighted by Crippen LogP contribution is 2.26. The smallest absolute Gasteiger partial charge is 0.338 e. The first-order chi connectivity index (χ1) is 14.5. The molecule has 0 saturated carbocycles. The largest absolute Gasteiger partial charge is 0.388 e. The van der Waals surface area contributed by atoms with E-state index in [0.717, 1.165) is 0 Å². The first-order valence-electron chi connectivity index (χ1n) is 10.1. The fourth-order valence-electron chi connectivity index (χ4n) is 4.12. The van der Waals surface area contributed by atoms with E-state index in [9.17, 15) is 14.3 Å². The molecule has 0 unspecified atom stereocenters. The minimum absolute atomic E-state index is 0.0496. The van der Waals surface area contributed by atoms with Gasteiger partial charge in [0.15, 0.2) is 5.84 Å². The number of likely N-dealkylation sites (tertiary alicyclic amines) is 1. The van der Waals surface area contributed by atoms with Crippen molar-refractivity contribution in [2.24, 2.45) is 16.8 Å². The third-order valence-electron chi connectivity index (χ3n) is 5.93. The van der Waals surface area contributed by atoms with Crippen molar-refractivity contribution in [3.63, 3.8) is 0 Å². The van der Waals surface area contributed by atoms with E-state index in [1.165, 1.54) is 12.3 Å². The van der Waals surface area contributed by atoms with Crippen LogP contribution in [0.4, 0.5) is 4.39 Å². The third-order valence-corrected chi connectivity index (χ3v) is 5.93. The number of nitrogens with two attached hydrogens (primary N) is 1. The van der Waals surface area contributed by atoms with E-state index in [2.05, 4.69) is 20.3 Å². The van der Waals surface area contributed by atoms with Gasteiger partial charge in [-0.25, -0.2) is 9.18 Å². The fourth-order valence-corrected chi connectivity index (χ4v) is 4.12. The lowest BCUT2D eigenvalue weighted by Crippen LogP contribution is -2.49. The van der Waals surface area contributed by atoms with Crippen LogP contribution in [0.3, 0.4) is 0 Å². The zero-order valence-corrected chi connectivity index (χ0v) is 16.6. The number of fused-ring (bicyclic) bond motifs is 1. The predicted octanol–water partition coefficient (Wildman–Crippen LogP) is 1.12. The van der Waals surface area contributed by atoms with Crippen molar-refractivity contribution in [3.8, 4) is 0 Å². The molecule has 1 aromatic carbocycles. The number of β-amino-alcohol motifs (C(OH)–C–C–N with tert-alkyl or cyclic N) is 1.